The lowest BCUT2D eigenvalue weighted by Crippen LogP contribution is -2.07. The molecule has 0 bridgehead atoms. The van der Waals surface area contributed by atoms with Crippen LogP contribution in [0.5, 0.6) is 5.75 Å². The van der Waals surface area contributed by atoms with Crippen LogP contribution in [0.4, 0.5) is 0 Å². The van der Waals surface area contributed by atoms with Crippen LogP contribution in [0.1, 0.15) is 26.3 Å². The Labute approximate surface area is 143 Å². The van der Waals surface area contributed by atoms with E-state index in [1.54, 1.807) is 7.11 Å². The van der Waals surface area contributed by atoms with Crippen molar-refractivity contribution < 1.29 is 24.1 Å². The molecule has 0 aliphatic rings. The molecule has 0 amide bonds. The SMILES string of the molecule is COc1ccc(COCC#C/C(OCC(C)C)=C(/C)C(=O)O)cc1. The van der Waals surface area contributed by atoms with Gasteiger partial charge in [0.2, 0.25) is 0 Å². The van der Waals surface area contributed by atoms with Gasteiger partial charge >= 0.3 is 5.97 Å². The smallest absolute Gasteiger partial charge is 0.335 e. The first kappa shape index (κ1) is 19.6. The lowest BCUT2D eigenvalue weighted by Gasteiger charge is -2.09. The number of hydrogen-bond donors (Lipinski definition) is 1. The van der Waals surface area contributed by atoms with Crippen molar-refractivity contribution in [2.45, 2.75) is 27.4 Å². The zero-order valence-corrected chi connectivity index (χ0v) is 14.6. The third-order valence-corrected chi connectivity index (χ3v) is 3.03. The van der Waals surface area contributed by atoms with Gasteiger partial charge in [-0.1, -0.05) is 31.9 Å². The van der Waals surface area contributed by atoms with Gasteiger partial charge in [0.15, 0.2) is 5.76 Å². The van der Waals surface area contributed by atoms with Gasteiger partial charge in [-0.2, -0.15) is 0 Å². The summed E-state index contributed by atoms with van der Waals surface area (Å²) < 4.78 is 16.0. The maximum atomic E-state index is 11.1. The highest BCUT2D eigenvalue weighted by molar-refractivity contribution is 5.87. The summed E-state index contributed by atoms with van der Waals surface area (Å²) in [6.07, 6.45) is 0. The Morgan fingerprint density at radius 1 is 1.25 bits per heavy atom. The van der Waals surface area contributed by atoms with E-state index in [-0.39, 0.29) is 23.9 Å². The first-order valence-corrected chi connectivity index (χ1v) is 7.70. The number of methoxy groups -OCH3 is 1. The average molecular weight is 332 g/mol. The lowest BCUT2D eigenvalue weighted by molar-refractivity contribution is -0.132. The molecule has 0 atom stereocenters. The molecule has 1 aromatic rings. The molecule has 0 spiro atoms. The van der Waals surface area contributed by atoms with Crippen molar-refractivity contribution in [2.24, 2.45) is 5.92 Å². The highest BCUT2D eigenvalue weighted by atomic mass is 16.5. The van der Waals surface area contributed by atoms with Crippen LogP contribution in [-0.2, 0) is 20.9 Å². The molecule has 1 aromatic carbocycles. The largest absolute Gasteiger partial charge is 0.497 e. The van der Waals surface area contributed by atoms with Crippen LogP contribution in [0, 0.1) is 17.8 Å². The predicted molar refractivity (Wildman–Crippen MR) is 91.6 cm³/mol. The number of hydrogen-bond acceptors (Lipinski definition) is 4. The van der Waals surface area contributed by atoms with Crippen molar-refractivity contribution in [3.8, 4) is 17.6 Å². The zero-order valence-electron chi connectivity index (χ0n) is 14.6. The summed E-state index contributed by atoms with van der Waals surface area (Å²) >= 11 is 0. The Balaban J connectivity index is 2.56. The number of carboxylic acids is 1. The van der Waals surface area contributed by atoms with E-state index in [1.807, 2.05) is 38.1 Å². The van der Waals surface area contributed by atoms with E-state index in [9.17, 15) is 4.79 Å². The number of carbonyl (C=O) groups is 1. The van der Waals surface area contributed by atoms with Crippen LogP contribution < -0.4 is 4.74 Å². The quantitative estimate of drug-likeness (QED) is 0.343. The molecule has 0 radical (unpaired) electrons. The number of aliphatic carboxylic acids is 1. The van der Waals surface area contributed by atoms with E-state index in [2.05, 4.69) is 11.8 Å². The normalized spacial score (nSPS) is 11.4. The molecule has 1 rings (SSSR count). The van der Waals surface area contributed by atoms with Crippen LogP contribution in [0.2, 0.25) is 0 Å². The van der Waals surface area contributed by atoms with E-state index in [1.165, 1.54) is 6.92 Å². The van der Waals surface area contributed by atoms with E-state index < -0.39 is 5.97 Å². The zero-order chi connectivity index (χ0) is 17.9. The fourth-order valence-corrected chi connectivity index (χ4v) is 1.64. The van der Waals surface area contributed by atoms with Crippen molar-refractivity contribution in [3.63, 3.8) is 0 Å². The molecule has 5 heteroatoms. The van der Waals surface area contributed by atoms with Crippen LogP contribution in [0.3, 0.4) is 0 Å². The van der Waals surface area contributed by atoms with Gasteiger partial charge in [-0.25, -0.2) is 4.79 Å². The lowest BCUT2D eigenvalue weighted by atomic mass is 10.2. The molecule has 0 aliphatic heterocycles. The number of allylic oxidation sites excluding steroid dienone is 1. The molecule has 0 fully saturated rings. The first-order valence-electron chi connectivity index (χ1n) is 7.70. The van der Waals surface area contributed by atoms with E-state index in [0.29, 0.717) is 13.2 Å². The molecule has 5 nitrogen and oxygen atoms in total. The van der Waals surface area contributed by atoms with Gasteiger partial charge in [-0.3, -0.25) is 0 Å². The van der Waals surface area contributed by atoms with Crippen LogP contribution in [0.15, 0.2) is 35.6 Å². The second kappa shape index (κ2) is 10.3. The monoisotopic (exact) mass is 332 g/mol. The first-order chi connectivity index (χ1) is 11.4. The highest BCUT2D eigenvalue weighted by Gasteiger charge is 2.09. The number of ether oxygens (including phenoxy) is 3. The summed E-state index contributed by atoms with van der Waals surface area (Å²) in [5.41, 5.74) is 1.10. The van der Waals surface area contributed by atoms with Crippen LogP contribution in [0.25, 0.3) is 0 Å². The summed E-state index contributed by atoms with van der Waals surface area (Å²) in [5, 5.41) is 9.06. The number of carboxylic acid groups (broad SMARTS) is 1. The Morgan fingerprint density at radius 2 is 1.92 bits per heavy atom. The van der Waals surface area contributed by atoms with Gasteiger partial charge < -0.3 is 19.3 Å². The summed E-state index contributed by atoms with van der Waals surface area (Å²) in [5.74, 6) is 5.76. The second-order valence-electron chi connectivity index (χ2n) is 5.61. The Bertz CT molecular complexity index is 617. The molecule has 0 saturated heterocycles. The third-order valence-electron chi connectivity index (χ3n) is 3.03. The molecule has 1 N–H and O–H groups in total. The van der Waals surface area contributed by atoms with E-state index in [0.717, 1.165) is 11.3 Å². The van der Waals surface area contributed by atoms with Gasteiger partial charge in [0.1, 0.15) is 12.4 Å². The van der Waals surface area contributed by atoms with Gasteiger partial charge in [-0.15, -0.1) is 0 Å². The molecule has 0 heterocycles. The molecule has 0 aromatic heterocycles. The van der Waals surface area contributed by atoms with Crippen LogP contribution in [-0.4, -0.2) is 31.4 Å². The number of rotatable bonds is 8. The van der Waals surface area contributed by atoms with Crippen molar-refractivity contribution in [1.82, 2.24) is 0 Å². The topological polar surface area (TPSA) is 65.0 Å². The van der Waals surface area contributed by atoms with Crippen molar-refractivity contribution in [1.29, 1.82) is 0 Å². The fraction of sp³-hybridized carbons (Fsp3) is 0.421. The van der Waals surface area contributed by atoms with Crippen molar-refractivity contribution in [2.75, 3.05) is 20.3 Å². The van der Waals surface area contributed by atoms with E-state index in [4.69, 9.17) is 19.3 Å². The van der Waals surface area contributed by atoms with Crippen molar-refractivity contribution in [3.05, 3.63) is 41.2 Å². The third kappa shape index (κ3) is 7.21. The highest BCUT2D eigenvalue weighted by Crippen LogP contribution is 2.12. The van der Waals surface area contributed by atoms with Gasteiger partial charge in [-0.05, 0) is 36.5 Å². The molecule has 24 heavy (non-hydrogen) atoms. The second-order valence-corrected chi connectivity index (χ2v) is 5.61. The van der Waals surface area contributed by atoms with E-state index >= 15 is 0 Å². The summed E-state index contributed by atoms with van der Waals surface area (Å²) in [6, 6.07) is 7.55. The maximum Gasteiger partial charge on any atom is 0.335 e. The van der Waals surface area contributed by atoms with Gasteiger partial charge in [0.05, 0.1) is 25.9 Å². The Kier molecular flexibility index (Phi) is 8.45. The minimum absolute atomic E-state index is 0.0957. The Hall–Kier alpha value is -2.45. The minimum Gasteiger partial charge on any atom is -0.497 e. The van der Waals surface area contributed by atoms with Crippen LogP contribution >= 0.6 is 0 Å². The molecule has 0 aliphatic carbocycles. The fourth-order valence-electron chi connectivity index (χ4n) is 1.64. The summed E-state index contributed by atoms with van der Waals surface area (Å²) in [6.45, 7) is 6.47. The average Bonchev–Trinajstić information content (AvgIpc) is 2.56. The predicted octanol–water partition coefficient (Wildman–Crippen LogP) is 3.25. The minimum atomic E-state index is -1.04. The Morgan fingerprint density at radius 3 is 2.46 bits per heavy atom. The van der Waals surface area contributed by atoms with Gasteiger partial charge in [0, 0.05) is 0 Å². The molecule has 0 saturated carbocycles. The van der Waals surface area contributed by atoms with Crippen molar-refractivity contribution >= 4 is 5.97 Å². The molecular weight excluding hydrogens is 308 g/mol. The molecule has 130 valence electrons. The molecule has 0 unspecified atom stereocenters. The van der Waals surface area contributed by atoms with Gasteiger partial charge in [0.25, 0.3) is 0 Å². The number of benzene rings is 1. The standard InChI is InChI=1S/C19H24O5/c1-14(2)12-24-18(15(3)19(20)21)6-5-11-23-13-16-7-9-17(22-4)10-8-16/h7-10,14H,11-13H2,1-4H3,(H,20,21)/b18-15+. The molecular formula is C19H24O5. The summed E-state index contributed by atoms with van der Waals surface area (Å²) in [4.78, 5) is 11.1. The summed E-state index contributed by atoms with van der Waals surface area (Å²) in [7, 11) is 1.62. The maximum absolute atomic E-state index is 11.1.